The van der Waals surface area contributed by atoms with Crippen molar-refractivity contribution in [2.45, 2.75) is 103 Å². The maximum atomic E-state index is 7.99. The van der Waals surface area contributed by atoms with Crippen molar-refractivity contribution >= 4 is 0 Å². The van der Waals surface area contributed by atoms with E-state index < -0.39 is 0 Å². The van der Waals surface area contributed by atoms with Crippen molar-refractivity contribution in [3.05, 3.63) is 0 Å². The highest BCUT2D eigenvalue weighted by atomic mass is 16.5. The molecule has 0 spiro atoms. The highest BCUT2D eigenvalue weighted by Crippen LogP contribution is 2.66. The van der Waals surface area contributed by atoms with Gasteiger partial charge in [0.25, 0.3) is 0 Å². The van der Waals surface area contributed by atoms with Crippen LogP contribution in [0.5, 0.6) is 0 Å². The maximum absolute atomic E-state index is 7.99. The fourth-order valence-corrected chi connectivity index (χ4v) is 7.97. The molecule has 4 saturated carbocycles. The third kappa shape index (κ3) is 7.17. The van der Waals surface area contributed by atoms with Gasteiger partial charge in [-0.3, -0.25) is 0 Å². The summed E-state index contributed by atoms with van der Waals surface area (Å²) >= 11 is 0. The highest BCUT2D eigenvalue weighted by Gasteiger charge is 2.60. The van der Waals surface area contributed by atoms with E-state index in [1.165, 1.54) is 64.2 Å². The molecule has 0 aliphatic heterocycles. The molecule has 4 unspecified atom stereocenters. The average molecular weight is 484 g/mol. The van der Waals surface area contributed by atoms with Gasteiger partial charge in [0.05, 0.1) is 6.10 Å². The predicted molar refractivity (Wildman–Crippen MR) is 141 cm³/mol. The first-order chi connectivity index (χ1) is 16.4. The van der Waals surface area contributed by atoms with E-state index in [4.69, 9.17) is 32.2 Å². The van der Waals surface area contributed by atoms with Crippen LogP contribution in [0.25, 0.3) is 0 Å². The van der Waals surface area contributed by atoms with Crippen molar-refractivity contribution in [1.82, 2.24) is 0 Å². The van der Waals surface area contributed by atoms with Crippen LogP contribution >= 0.6 is 0 Å². The van der Waals surface area contributed by atoms with Crippen molar-refractivity contribution in [2.24, 2.45) is 51.7 Å². The summed E-state index contributed by atoms with van der Waals surface area (Å²) in [5.74, 6) is 3.85. The zero-order valence-electron chi connectivity index (χ0n) is 22.4. The van der Waals surface area contributed by atoms with Gasteiger partial charge in [-0.25, -0.2) is 0 Å². The van der Waals surface area contributed by atoms with Gasteiger partial charge >= 0.3 is 0 Å². The number of nitrogens with two attached hydrogens (primary N) is 3. The lowest BCUT2D eigenvalue weighted by Crippen LogP contribution is -2.57. The summed E-state index contributed by atoms with van der Waals surface area (Å²) in [6.45, 7) is 8.51. The van der Waals surface area contributed by atoms with E-state index in [0.29, 0.717) is 30.0 Å². The summed E-state index contributed by atoms with van der Waals surface area (Å²) in [5.41, 5.74) is 16.7. The van der Waals surface area contributed by atoms with Gasteiger partial charge in [-0.15, -0.1) is 0 Å². The van der Waals surface area contributed by atoms with Crippen molar-refractivity contribution in [1.29, 1.82) is 0 Å². The van der Waals surface area contributed by atoms with Crippen molar-refractivity contribution in [2.75, 3.05) is 39.5 Å². The first-order valence-corrected chi connectivity index (χ1v) is 14.4. The molecule has 8 N–H and O–H groups in total. The third-order valence-electron chi connectivity index (χ3n) is 9.85. The molecule has 4 aliphatic carbocycles. The van der Waals surface area contributed by atoms with Crippen LogP contribution < -0.4 is 17.2 Å². The Bertz CT molecular complexity index is 541. The molecular weight excluding hydrogens is 426 g/mol. The number of fused-ring (bicyclic) bond motifs is 5. The Morgan fingerprint density at radius 3 is 1.97 bits per heavy atom. The van der Waals surface area contributed by atoms with Gasteiger partial charge in [0.2, 0.25) is 0 Å². The van der Waals surface area contributed by atoms with Crippen LogP contribution in [0.4, 0.5) is 0 Å². The zero-order valence-corrected chi connectivity index (χ0v) is 22.4. The van der Waals surface area contributed by atoms with E-state index in [2.05, 4.69) is 13.8 Å². The van der Waals surface area contributed by atoms with Crippen molar-refractivity contribution in [3.8, 4) is 0 Å². The van der Waals surface area contributed by atoms with Gasteiger partial charge in [0.1, 0.15) is 0 Å². The van der Waals surface area contributed by atoms with Crippen molar-refractivity contribution < 1.29 is 14.9 Å². The number of aliphatic hydroxyl groups is 2. The Balaban J connectivity index is 0.000000347. The molecule has 4 aliphatic rings. The first kappa shape index (κ1) is 30.0. The molecule has 0 aromatic rings. The molecule has 0 amide bonds. The minimum absolute atomic E-state index is 0.219. The van der Waals surface area contributed by atoms with Crippen LogP contribution in [-0.4, -0.2) is 55.8 Å². The van der Waals surface area contributed by atoms with E-state index in [1.54, 1.807) is 0 Å². The van der Waals surface area contributed by atoms with Crippen LogP contribution in [0.1, 0.15) is 97.3 Å². The minimum Gasteiger partial charge on any atom is -0.396 e. The molecule has 0 radical (unpaired) electrons. The Morgan fingerprint density at radius 1 is 0.735 bits per heavy atom. The summed E-state index contributed by atoms with van der Waals surface area (Å²) < 4.78 is 6.53. The third-order valence-corrected chi connectivity index (χ3v) is 9.85. The van der Waals surface area contributed by atoms with E-state index in [1.807, 2.05) is 0 Å². The fraction of sp³-hybridized carbons (Fsp3) is 1.00. The summed E-state index contributed by atoms with van der Waals surface area (Å²) in [4.78, 5) is 0. The largest absolute Gasteiger partial charge is 0.396 e. The number of aliphatic hydroxyl groups excluding tert-OH is 2. The quantitative estimate of drug-likeness (QED) is 0.334. The van der Waals surface area contributed by atoms with Gasteiger partial charge < -0.3 is 32.2 Å². The molecule has 4 rings (SSSR count). The average Bonchev–Trinajstić information content (AvgIpc) is 3.24. The SMILES string of the molecule is C[C@]12CCCCC1CCC1C2C[C@H](OCCCN)[C@]2(C)CCCC12.NCCCO.NCCCO. The molecule has 0 aromatic heterocycles. The zero-order chi connectivity index (χ0) is 25.0. The van der Waals surface area contributed by atoms with Crippen LogP contribution in [-0.2, 0) is 4.74 Å². The maximum Gasteiger partial charge on any atom is 0.0634 e. The molecule has 34 heavy (non-hydrogen) atoms. The predicted octanol–water partition coefficient (Wildman–Crippen LogP) is 3.81. The molecule has 6 nitrogen and oxygen atoms in total. The lowest BCUT2D eigenvalue weighted by Gasteiger charge is -2.61. The van der Waals surface area contributed by atoms with Crippen molar-refractivity contribution in [3.63, 3.8) is 0 Å². The number of rotatable bonds is 8. The molecule has 4 fully saturated rings. The van der Waals surface area contributed by atoms with Crippen LogP contribution in [0.15, 0.2) is 0 Å². The van der Waals surface area contributed by atoms with E-state index in [9.17, 15) is 0 Å². The van der Waals surface area contributed by atoms with Crippen LogP contribution in [0, 0.1) is 34.5 Å². The number of ether oxygens (including phenoxy) is 1. The van der Waals surface area contributed by atoms with Crippen LogP contribution in [0.2, 0.25) is 0 Å². The Hall–Kier alpha value is -0.240. The van der Waals surface area contributed by atoms with E-state index in [0.717, 1.165) is 56.1 Å². The molecule has 7 atom stereocenters. The molecule has 0 heterocycles. The normalized spacial score (nSPS) is 38.4. The van der Waals surface area contributed by atoms with Gasteiger partial charge in [-0.2, -0.15) is 0 Å². The molecule has 0 bridgehead atoms. The lowest BCUT2D eigenvalue weighted by atomic mass is 9.45. The molecule has 202 valence electrons. The fourth-order valence-electron chi connectivity index (χ4n) is 7.97. The summed E-state index contributed by atoms with van der Waals surface area (Å²) in [6.07, 6.45) is 17.6. The minimum atomic E-state index is 0.219. The Labute approximate surface area is 209 Å². The number of hydrogen-bond donors (Lipinski definition) is 5. The highest BCUT2D eigenvalue weighted by molar-refractivity contribution is 5.09. The second-order valence-corrected chi connectivity index (χ2v) is 11.8. The second kappa shape index (κ2) is 15.1. The van der Waals surface area contributed by atoms with E-state index in [-0.39, 0.29) is 13.2 Å². The van der Waals surface area contributed by atoms with Gasteiger partial charge in [-0.1, -0.05) is 33.1 Å². The summed E-state index contributed by atoms with van der Waals surface area (Å²) in [7, 11) is 0. The first-order valence-electron chi connectivity index (χ1n) is 14.4. The summed E-state index contributed by atoms with van der Waals surface area (Å²) in [5, 5.41) is 16.0. The Kier molecular flexibility index (Phi) is 13.3. The second-order valence-electron chi connectivity index (χ2n) is 11.8. The molecular formula is C28H57N3O3. The number of hydrogen-bond acceptors (Lipinski definition) is 6. The van der Waals surface area contributed by atoms with E-state index >= 15 is 0 Å². The Morgan fingerprint density at radius 2 is 1.38 bits per heavy atom. The van der Waals surface area contributed by atoms with Gasteiger partial charge in [0, 0.05) is 19.8 Å². The van der Waals surface area contributed by atoms with Gasteiger partial charge in [0.15, 0.2) is 0 Å². The topological polar surface area (TPSA) is 128 Å². The standard InChI is InChI=1S/C22H39NO.2C3H9NO/c1-21-11-4-3-7-16(21)9-10-17-18-8-5-12-22(18,2)20(15-19(17)21)24-14-6-13-23;2*4-2-1-3-5/h16-20H,3-15,23H2,1-2H3;2*5H,1-4H2/t16?,17?,18?,19?,20-,21-,22+;;/m0../s1. The summed E-state index contributed by atoms with van der Waals surface area (Å²) in [6, 6.07) is 0. The smallest absolute Gasteiger partial charge is 0.0634 e. The molecule has 0 aromatic carbocycles. The molecule has 0 saturated heterocycles. The molecule has 6 heteroatoms. The van der Waals surface area contributed by atoms with Crippen LogP contribution in [0.3, 0.4) is 0 Å². The van der Waals surface area contributed by atoms with Gasteiger partial charge in [-0.05, 0) is 118 Å². The monoisotopic (exact) mass is 483 g/mol. The lowest BCUT2D eigenvalue weighted by molar-refractivity contribution is -0.170.